The molecule has 0 aliphatic carbocycles. The Kier molecular flexibility index (Phi) is 3.63. The molecule has 2 aromatic carbocycles. The molecular formula is C14H11ClFNO. The third kappa shape index (κ3) is 2.87. The second kappa shape index (κ2) is 5.19. The maximum atomic E-state index is 13.5. The largest absolute Gasteiger partial charge is 0.507 e. The van der Waals surface area contributed by atoms with Gasteiger partial charge in [-0.25, -0.2) is 4.39 Å². The molecule has 0 heterocycles. The summed E-state index contributed by atoms with van der Waals surface area (Å²) >= 11 is 5.80. The molecule has 2 aromatic rings. The van der Waals surface area contributed by atoms with Crippen molar-refractivity contribution in [1.82, 2.24) is 0 Å². The van der Waals surface area contributed by atoms with Crippen LogP contribution in [0.15, 0.2) is 41.4 Å². The van der Waals surface area contributed by atoms with E-state index in [0.717, 1.165) is 5.56 Å². The van der Waals surface area contributed by atoms with Gasteiger partial charge in [0.2, 0.25) is 0 Å². The van der Waals surface area contributed by atoms with Crippen LogP contribution < -0.4 is 0 Å². The van der Waals surface area contributed by atoms with Gasteiger partial charge in [-0.3, -0.25) is 4.99 Å². The molecule has 0 aromatic heterocycles. The van der Waals surface area contributed by atoms with Gasteiger partial charge in [-0.1, -0.05) is 17.7 Å². The average Bonchev–Trinajstić information content (AvgIpc) is 2.32. The number of nitrogens with zero attached hydrogens (tertiary/aromatic N) is 1. The molecule has 18 heavy (non-hydrogen) atoms. The van der Waals surface area contributed by atoms with Gasteiger partial charge >= 0.3 is 0 Å². The molecule has 0 saturated carbocycles. The van der Waals surface area contributed by atoms with Crippen LogP contribution >= 0.6 is 11.6 Å². The fourth-order valence-corrected chi connectivity index (χ4v) is 1.67. The minimum absolute atomic E-state index is 0.0515. The van der Waals surface area contributed by atoms with E-state index in [2.05, 4.69) is 4.99 Å². The van der Waals surface area contributed by atoms with Crippen molar-refractivity contribution in [2.24, 2.45) is 4.99 Å². The van der Waals surface area contributed by atoms with E-state index in [0.29, 0.717) is 10.6 Å². The Bertz CT molecular complexity index is 611. The van der Waals surface area contributed by atoms with E-state index in [-0.39, 0.29) is 11.4 Å². The SMILES string of the molecule is Cc1ccc(N=Cc2cc(Cl)ccc2O)c(F)c1. The molecule has 2 rings (SSSR count). The average molecular weight is 264 g/mol. The van der Waals surface area contributed by atoms with Crippen LogP contribution in [0.5, 0.6) is 5.75 Å². The second-order valence-electron chi connectivity index (χ2n) is 3.92. The molecule has 0 unspecified atom stereocenters. The summed E-state index contributed by atoms with van der Waals surface area (Å²) in [7, 11) is 0. The van der Waals surface area contributed by atoms with E-state index < -0.39 is 5.82 Å². The molecule has 0 radical (unpaired) electrons. The van der Waals surface area contributed by atoms with Crippen molar-refractivity contribution in [3.8, 4) is 5.75 Å². The summed E-state index contributed by atoms with van der Waals surface area (Å²) < 4.78 is 13.5. The Hall–Kier alpha value is -1.87. The monoisotopic (exact) mass is 263 g/mol. The standard InChI is InChI=1S/C14H11ClFNO/c1-9-2-4-13(12(16)6-9)17-8-10-7-11(15)3-5-14(10)18/h2-8,18H,1H3. The molecular weight excluding hydrogens is 253 g/mol. The maximum Gasteiger partial charge on any atom is 0.149 e. The van der Waals surface area contributed by atoms with Gasteiger partial charge in [-0.2, -0.15) is 0 Å². The maximum absolute atomic E-state index is 13.5. The zero-order valence-corrected chi connectivity index (χ0v) is 10.4. The third-order valence-electron chi connectivity index (χ3n) is 2.44. The van der Waals surface area contributed by atoms with E-state index >= 15 is 0 Å². The summed E-state index contributed by atoms with van der Waals surface area (Å²) in [5.74, 6) is -0.344. The lowest BCUT2D eigenvalue weighted by Crippen LogP contribution is -1.84. The Morgan fingerprint density at radius 3 is 2.72 bits per heavy atom. The summed E-state index contributed by atoms with van der Waals surface area (Å²) in [6, 6.07) is 9.36. The topological polar surface area (TPSA) is 32.6 Å². The van der Waals surface area contributed by atoms with Crippen LogP contribution in [0.25, 0.3) is 0 Å². The van der Waals surface area contributed by atoms with Crippen molar-refractivity contribution in [3.05, 3.63) is 58.4 Å². The van der Waals surface area contributed by atoms with Gasteiger partial charge in [0.1, 0.15) is 11.6 Å². The molecule has 92 valence electrons. The smallest absolute Gasteiger partial charge is 0.149 e. The lowest BCUT2D eigenvalue weighted by molar-refractivity contribution is 0.474. The van der Waals surface area contributed by atoms with Crippen LogP contribution in [-0.4, -0.2) is 11.3 Å². The normalized spacial score (nSPS) is 11.1. The number of rotatable bonds is 2. The highest BCUT2D eigenvalue weighted by Gasteiger charge is 2.02. The molecule has 1 N–H and O–H groups in total. The lowest BCUT2D eigenvalue weighted by atomic mass is 10.2. The van der Waals surface area contributed by atoms with E-state index in [1.54, 1.807) is 31.2 Å². The van der Waals surface area contributed by atoms with Crippen molar-refractivity contribution in [3.63, 3.8) is 0 Å². The molecule has 0 saturated heterocycles. The first-order chi connectivity index (χ1) is 8.56. The van der Waals surface area contributed by atoms with Crippen LogP contribution in [0.2, 0.25) is 5.02 Å². The summed E-state index contributed by atoms with van der Waals surface area (Å²) in [4.78, 5) is 4.00. The summed E-state index contributed by atoms with van der Waals surface area (Å²) in [6.07, 6.45) is 1.38. The molecule has 0 fully saturated rings. The first-order valence-electron chi connectivity index (χ1n) is 5.35. The predicted molar refractivity (Wildman–Crippen MR) is 71.5 cm³/mol. The summed E-state index contributed by atoms with van der Waals surface area (Å²) in [6.45, 7) is 1.80. The quantitative estimate of drug-likeness (QED) is 0.808. The van der Waals surface area contributed by atoms with Crippen LogP contribution in [0.4, 0.5) is 10.1 Å². The van der Waals surface area contributed by atoms with E-state index in [9.17, 15) is 9.50 Å². The highest BCUT2D eigenvalue weighted by molar-refractivity contribution is 6.30. The number of aliphatic imine (C=N–C) groups is 1. The van der Waals surface area contributed by atoms with E-state index in [1.807, 2.05) is 0 Å². The fourth-order valence-electron chi connectivity index (χ4n) is 1.48. The molecule has 0 bridgehead atoms. The van der Waals surface area contributed by atoms with Gasteiger partial charge in [0.25, 0.3) is 0 Å². The van der Waals surface area contributed by atoms with Crippen molar-refractivity contribution in [1.29, 1.82) is 0 Å². The Balaban J connectivity index is 2.32. The van der Waals surface area contributed by atoms with Crippen LogP contribution in [0, 0.1) is 12.7 Å². The van der Waals surface area contributed by atoms with Gasteiger partial charge in [-0.15, -0.1) is 0 Å². The van der Waals surface area contributed by atoms with Crippen LogP contribution in [-0.2, 0) is 0 Å². The number of phenols is 1. The zero-order valence-electron chi connectivity index (χ0n) is 9.69. The van der Waals surface area contributed by atoms with Gasteiger partial charge in [-0.05, 0) is 42.8 Å². The molecule has 0 aliphatic rings. The van der Waals surface area contributed by atoms with Crippen molar-refractivity contribution in [2.75, 3.05) is 0 Å². The van der Waals surface area contributed by atoms with Gasteiger partial charge in [0, 0.05) is 16.8 Å². The fraction of sp³-hybridized carbons (Fsp3) is 0.0714. The molecule has 2 nitrogen and oxygen atoms in total. The van der Waals surface area contributed by atoms with Crippen molar-refractivity contribution >= 4 is 23.5 Å². The first kappa shape index (κ1) is 12.6. The van der Waals surface area contributed by atoms with Crippen LogP contribution in [0.3, 0.4) is 0 Å². The Labute approximate surface area is 109 Å². The Morgan fingerprint density at radius 1 is 1.22 bits per heavy atom. The lowest BCUT2D eigenvalue weighted by Gasteiger charge is -2.00. The summed E-state index contributed by atoms with van der Waals surface area (Å²) in [5, 5.41) is 10.1. The predicted octanol–water partition coefficient (Wildman–Crippen LogP) is 4.24. The number of hydrogen-bond donors (Lipinski definition) is 1. The van der Waals surface area contributed by atoms with Crippen molar-refractivity contribution < 1.29 is 9.50 Å². The first-order valence-corrected chi connectivity index (χ1v) is 5.73. The molecule has 0 amide bonds. The van der Waals surface area contributed by atoms with E-state index in [4.69, 9.17) is 11.6 Å². The third-order valence-corrected chi connectivity index (χ3v) is 2.67. The van der Waals surface area contributed by atoms with Crippen molar-refractivity contribution in [2.45, 2.75) is 6.92 Å². The molecule has 0 atom stereocenters. The number of benzene rings is 2. The van der Waals surface area contributed by atoms with Gasteiger partial charge < -0.3 is 5.11 Å². The summed E-state index contributed by atoms with van der Waals surface area (Å²) in [5.41, 5.74) is 1.50. The van der Waals surface area contributed by atoms with Gasteiger partial charge in [0.15, 0.2) is 0 Å². The number of hydrogen-bond acceptors (Lipinski definition) is 2. The number of phenolic OH excluding ortho intramolecular Hbond substituents is 1. The minimum Gasteiger partial charge on any atom is -0.507 e. The minimum atomic E-state index is -0.396. The number of aromatic hydroxyl groups is 1. The Morgan fingerprint density at radius 2 is 2.00 bits per heavy atom. The van der Waals surface area contributed by atoms with E-state index in [1.165, 1.54) is 18.3 Å². The zero-order chi connectivity index (χ0) is 13.1. The van der Waals surface area contributed by atoms with Crippen LogP contribution in [0.1, 0.15) is 11.1 Å². The second-order valence-corrected chi connectivity index (χ2v) is 4.35. The van der Waals surface area contributed by atoms with Gasteiger partial charge in [0.05, 0.1) is 5.69 Å². The number of aryl methyl sites for hydroxylation is 1. The molecule has 0 aliphatic heterocycles. The highest BCUT2D eigenvalue weighted by Crippen LogP contribution is 2.22. The highest BCUT2D eigenvalue weighted by atomic mass is 35.5. The molecule has 0 spiro atoms. The number of halogens is 2. The molecule has 4 heteroatoms.